The molecule has 1 unspecified atom stereocenters. The Balaban J connectivity index is 1.72. The Labute approximate surface area is 131 Å². The Hall–Kier alpha value is -2.36. The first-order chi connectivity index (χ1) is 10.8. The number of nitrogens with zero attached hydrogens (tertiary/aromatic N) is 1. The minimum atomic E-state index is -0.0802. The maximum Gasteiger partial charge on any atom is 0.252 e. The molecule has 1 fully saturated rings. The van der Waals surface area contributed by atoms with E-state index >= 15 is 0 Å². The smallest absolute Gasteiger partial charge is 0.252 e. The van der Waals surface area contributed by atoms with Gasteiger partial charge in [-0.3, -0.25) is 4.79 Å². The van der Waals surface area contributed by atoms with Crippen molar-refractivity contribution in [2.24, 2.45) is 5.92 Å². The molecule has 1 aliphatic rings. The number of hydrogen-bond acceptors (Lipinski definition) is 3. The molecule has 1 aliphatic carbocycles. The first-order valence-electron chi connectivity index (χ1n) is 7.83. The Morgan fingerprint density at radius 2 is 2.00 bits per heavy atom. The molecular formula is C18H21N3O. The second kappa shape index (κ2) is 6.60. The largest absolute Gasteiger partial charge is 0.363 e. The summed E-state index contributed by atoms with van der Waals surface area (Å²) in [6, 6.07) is 14.5. The van der Waals surface area contributed by atoms with Crippen molar-refractivity contribution in [2.45, 2.75) is 25.8 Å². The molecule has 2 aromatic rings. The van der Waals surface area contributed by atoms with Crippen molar-refractivity contribution >= 4 is 11.7 Å². The fourth-order valence-corrected chi connectivity index (χ4v) is 2.60. The van der Waals surface area contributed by atoms with Crippen LogP contribution in [-0.2, 0) is 0 Å². The van der Waals surface area contributed by atoms with Crippen LogP contribution in [0.25, 0.3) is 0 Å². The topological polar surface area (TPSA) is 54.0 Å². The first kappa shape index (κ1) is 14.6. The molecule has 1 atom stereocenters. The first-order valence-corrected chi connectivity index (χ1v) is 7.83. The lowest BCUT2D eigenvalue weighted by Gasteiger charge is -2.19. The third kappa shape index (κ3) is 3.45. The van der Waals surface area contributed by atoms with Gasteiger partial charge in [0.1, 0.15) is 5.82 Å². The van der Waals surface area contributed by atoms with Gasteiger partial charge < -0.3 is 10.6 Å². The molecule has 0 radical (unpaired) electrons. The molecule has 1 aromatic carbocycles. The van der Waals surface area contributed by atoms with Crippen molar-refractivity contribution < 1.29 is 4.79 Å². The number of pyridine rings is 1. The lowest BCUT2D eigenvalue weighted by molar-refractivity contribution is 0.0955. The number of hydrogen-bond donors (Lipinski definition) is 2. The Kier molecular flexibility index (Phi) is 4.37. The summed E-state index contributed by atoms with van der Waals surface area (Å²) in [6.07, 6.45) is 4.13. The van der Waals surface area contributed by atoms with Crippen molar-refractivity contribution in [3.8, 4) is 0 Å². The monoisotopic (exact) mass is 295 g/mol. The molecule has 3 rings (SSSR count). The van der Waals surface area contributed by atoms with Gasteiger partial charge in [0.15, 0.2) is 0 Å². The number of benzene rings is 1. The van der Waals surface area contributed by atoms with Gasteiger partial charge in [-0.25, -0.2) is 4.98 Å². The van der Waals surface area contributed by atoms with Gasteiger partial charge >= 0.3 is 0 Å². The van der Waals surface area contributed by atoms with Crippen molar-refractivity contribution in [3.05, 3.63) is 59.8 Å². The fourth-order valence-electron chi connectivity index (χ4n) is 2.60. The highest BCUT2D eigenvalue weighted by atomic mass is 16.1. The summed E-state index contributed by atoms with van der Waals surface area (Å²) in [5.41, 5.74) is 1.88. The summed E-state index contributed by atoms with van der Waals surface area (Å²) in [7, 11) is 0. The van der Waals surface area contributed by atoms with E-state index in [4.69, 9.17) is 0 Å². The van der Waals surface area contributed by atoms with Crippen LogP contribution in [0.15, 0.2) is 48.7 Å². The molecule has 1 saturated carbocycles. The van der Waals surface area contributed by atoms with E-state index in [0.29, 0.717) is 24.1 Å². The number of carbonyl (C=O) groups is 1. The van der Waals surface area contributed by atoms with Gasteiger partial charge in [0.25, 0.3) is 5.91 Å². The number of amides is 1. The van der Waals surface area contributed by atoms with E-state index in [1.807, 2.05) is 25.1 Å². The van der Waals surface area contributed by atoms with Crippen LogP contribution in [0.2, 0.25) is 0 Å². The van der Waals surface area contributed by atoms with Crippen molar-refractivity contribution in [3.63, 3.8) is 0 Å². The average molecular weight is 295 g/mol. The van der Waals surface area contributed by atoms with Gasteiger partial charge in [-0.15, -0.1) is 0 Å². The van der Waals surface area contributed by atoms with Gasteiger partial charge in [0.05, 0.1) is 11.6 Å². The summed E-state index contributed by atoms with van der Waals surface area (Å²) in [4.78, 5) is 16.1. The summed E-state index contributed by atoms with van der Waals surface area (Å²) in [5.74, 6) is 1.41. The van der Waals surface area contributed by atoms with Crippen LogP contribution in [0.3, 0.4) is 0 Å². The number of aromatic nitrogens is 1. The number of nitrogens with one attached hydrogen (secondary N) is 2. The van der Waals surface area contributed by atoms with E-state index in [1.54, 1.807) is 6.20 Å². The van der Waals surface area contributed by atoms with Crippen molar-refractivity contribution in [2.75, 3.05) is 11.9 Å². The normalized spacial score (nSPS) is 15.1. The summed E-state index contributed by atoms with van der Waals surface area (Å²) in [5, 5.41) is 6.29. The van der Waals surface area contributed by atoms with Crippen LogP contribution in [0.4, 0.5) is 5.82 Å². The van der Waals surface area contributed by atoms with Crippen LogP contribution >= 0.6 is 0 Å². The second-order valence-electron chi connectivity index (χ2n) is 5.66. The molecule has 4 heteroatoms. The molecule has 114 valence electrons. The SMILES string of the molecule is CCNC(=O)c1ccc(NC(c2ccccc2)C2CC2)nc1. The van der Waals surface area contributed by atoms with E-state index in [1.165, 1.54) is 18.4 Å². The molecule has 0 saturated heterocycles. The number of carbonyl (C=O) groups excluding carboxylic acids is 1. The molecule has 0 spiro atoms. The molecule has 4 nitrogen and oxygen atoms in total. The molecule has 2 N–H and O–H groups in total. The van der Waals surface area contributed by atoms with Gasteiger partial charge in [-0.2, -0.15) is 0 Å². The highest BCUT2D eigenvalue weighted by Crippen LogP contribution is 2.42. The van der Waals surface area contributed by atoms with Crippen LogP contribution in [-0.4, -0.2) is 17.4 Å². The van der Waals surface area contributed by atoms with E-state index in [2.05, 4.69) is 39.9 Å². The summed E-state index contributed by atoms with van der Waals surface area (Å²) >= 11 is 0. The predicted molar refractivity (Wildman–Crippen MR) is 87.8 cm³/mol. The van der Waals surface area contributed by atoms with Crippen LogP contribution in [0, 0.1) is 5.92 Å². The van der Waals surface area contributed by atoms with Gasteiger partial charge in [0, 0.05) is 12.7 Å². The summed E-state index contributed by atoms with van der Waals surface area (Å²) in [6.45, 7) is 2.53. The number of rotatable bonds is 6. The number of anilines is 1. The maximum atomic E-state index is 11.7. The Bertz CT molecular complexity index is 621. The van der Waals surface area contributed by atoms with E-state index < -0.39 is 0 Å². The maximum absolute atomic E-state index is 11.7. The Morgan fingerprint density at radius 1 is 1.23 bits per heavy atom. The predicted octanol–water partition coefficient (Wildman–Crippen LogP) is 3.39. The molecule has 0 bridgehead atoms. The van der Waals surface area contributed by atoms with E-state index in [0.717, 1.165) is 5.82 Å². The van der Waals surface area contributed by atoms with E-state index in [9.17, 15) is 4.79 Å². The highest BCUT2D eigenvalue weighted by Gasteiger charge is 2.32. The average Bonchev–Trinajstić information content (AvgIpc) is 3.39. The van der Waals surface area contributed by atoms with E-state index in [-0.39, 0.29) is 5.91 Å². The molecule has 1 aromatic heterocycles. The minimum Gasteiger partial charge on any atom is -0.363 e. The minimum absolute atomic E-state index is 0.0802. The lowest BCUT2D eigenvalue weighted by Crippen LogP contribution is -2.22. The lowest BCUT2D eigenvalue weighted by atomic mass is 10.0. The van der Waals surface area contributed by atoms with Gasteiger partial charge in [-0.1, -0.05) is 30.3 Å². The zero-order valence-corrected chi connectivity index (χ0v) is 12.8. The van der Waals surface area contributed by atoms with Gasteiger partial charge in [-0.05, 0) is 43.4 Å². The van der Waals surface area contributed by atoms with Crippen molar-refractivity contribution in [1.29, 1.82) is 0 Å². The Morgan fingerprint density at radius 3 is 2.59 bits per heavy atom. The van der Waals surface area contributed by atoms with Crippen LogP contribution in [0.1, 0.15) is 41.7 Å². The quantitative estimate of drug-likeness (QED) is 0.859. The molecule has 1 heterocycles. The molecule has 0 aliphatic heterocycles. The fraction of sp³-hybridized carbons (Fsp3) is 0.333. The summed E-state index contributed by atoms with van der Waals surface area (Å²) < 4.78 is 0. The van der Waals surface area contributed by atoms with Crippen LogP contribution in [0.5, 0.6) is 0 Å². The van der Waals surface area contributed by atoms with Crippen LogP contribution < -0.4 is 10.6 Å². The molecule has 22 heavy (non-hydrogen) atoms. The molecular weight excluding hydrogens is 274 g/mol. The third-order valence-corrected chi connectivity index (χ3v) is 3.92. The zero-order chi connectivity index (χ0) is 15.4. The second-order valence-corrected chi connectivity index (χ2v) is 5.66. The standard InChI is InChI=1S/C18H21N3O/c1-2-19-18(22)15-10-11-16(20-12-15)21-17(14-8-9-14)13-6-4-3-5-7-13/h3-7,10-12,14,17H,2,8-9H2,1H3,(H,19,22)(H,20,21). The third-order valence-electron chi connectivity index (χ3n) is 3.92. The van der Waals surface area contributed by atoms with Gasteiger partial charge in [0.2, 0.25) is 0 Å². The highest BCUT2D eigenvalue weighted by molar-refractivity contribution is 5.93. The molecule has 1 amide bonds. The zero-order valence-electron chi connectivity index (χ0n) is 12.8. The van der Waals surface area contributed by atoms with Crippen molar-refractivity contribution in [1.82, 2.24) is 10.3 Å².